The molecule has 0 amide bonds. The van der Waals surface area contributed by atoms with E-state index in [0.29, 0.717) is 17.2 Å². The third-order valence-electron chi connectivity index (χ3n) is 2.54. The Morgan fingerprint density at radius 3 is 3.00 bits per heavy atom. The molecule has 0 saturated heterocycles. The minimum Gasteiger partial charge on any atom is -0.437 e. The van der Waals surface area contributed by atoms with Gasteiger partial charge in [-0.2, -0.15) is 5.26 Å². The van der Waals surface area contributed by atoms with E-state index in [9.17, 15) is 0 Å². The highest BCUT2D eigenvalue weighted by Gasteiger charge is 2.05. The molecule has 0 atom stereocenters. The molecule has 0 aliphatic heterocycles. The van der Waals surface area contributed by atoms with Crippen LogP contribution in [0.2, 0.25) is 0 Å². The van der Waals surface area contributed by atoms with Crippen molar-refractivity contribution in [2.45, 2.75) is 0 Å². The number of nitrogens with one attached hydrogen (secondary N) is 1. The number of hydrogen-bond acceptors (Lipinski definition) is 4. The second-order valence-corrected chi connectivity index (χ2v) is 3.67. The van der Waals surface area contributed by atoms with Crippen LogP contribution in [-0.4, -0.2) is 15.0 Å². The van der Waals surface area contributed by atoms with Gasteiger partial charge in [0, 0.05) is 30.0 Å². The molecule has 0 spiro atoms. The van der Waals surface area contributed by atoms with Crippen LogP contribution in [0.25, 0.3) is 10.9 Å². The minimum absolute atomic E-state index is 0.434. The summed E-state index contributed by atoms with van der Waals surface area (Å²) in [4.78, 5) is 11.0. The van der Waals surface area contributed by atoms with E-state index in [-0.39, 0.29) is 0 Å². The summed E-state index contributed by atoms with van der Waals surface area (Å²) in [5.74, 6) is 1.08. The fraction of sp³-hybridized carbons (Fsp3) is 0. The highest BCUT2D eigenvalue weighted by Crippen LogP contribution is 2.25. The number of nitrogens with zero attached hydrogens (tertiary/aromatic N) is 3. The molecule has 86 valence electrons. The molecule has 0 radical (unpaired) electrons. The van der Waals surface area contributed by atoms with Crippen LogP contribution in [0.4, 0.5) is 0 Å². The van der Waals surface area contributed by atoms with Crippen LogP contribution < -0.4 is 4.74 Å². The third kappa shape index (κ3) is 1.76. The Morgan fingerprint density at radius 1 is 1.28 bits per heavy atom. The minimum atomic E-state index is 0.434. The topological polar surface area (TPSA) is 74.6 Å². The van der Waals surface area contributed by atoms with Gasteiger partial charge in [0.15, 0.2) is 0 Å². The van der Waals surface area contributed by atoms with Gasteiger partial charge < -0.3 is 9.72 Å². The zero-order valence-electron chi connectivity index (χ0n) is 9.29. The molecular weight excluding hydrogens is 228 g/mol. The van der Waals surface area contributed by atoms with E-state index < -0.39 is 0 Å². The van der Waals surface area contributed by atoms with Crippen LogP contribution in [0.5, 0.6) is 11.6 Å². The summed E-state index contributed by atoms with van der Waals surface area (Å²) in [5.41, 5.74) is 1.48. The number of aromatic nitrogens is 3. The number of hydrogen-bond donors (Lipinski definition) is 1. The van der Waals surface area contributed by atoms with Crippen molar-refractivity contribution in [1.29, 1.82) is 5.26 Å². The monoisotopic (exact) mass is 236 g/mol. The Balaban J connectivity index is 1.97. The van der Waals surface area contributed by atoms with Crippen molar-refractivity contribution in [1.82, 2.24) is 15.0 Å². The van der Waals surface area contributed by atoms with Crippen molar-refractivity contribution in [3.05, 3.63) is 48.5 Å². The smallest absolute Gasteiger partial charge is 0.237 e. The highest BCUT2D eigenvalue weighted by molar-refractivity contribution is 5.86. The SMILES string of the molecule is N#Cc1c[nH]c2cc(Oc3cnccn3)ccc12. The number of nitriles is 1. The van der Waals surface area contributed by atoms with E-state index >= 15 is 0 Å². The Kier molecular flexibility index (Phi) is 2.39. The molecule has 3 rings (SSSR count). The maximum absolute atomic E-state index is 8.91. The molecule has 18 heavy (non-hydrogen) atoms. The van der Waals surface area contributed by atoms with E-state index in [2.05, 4.69) is 21.0 Å². The summed E-state index contributed by atoms with van der Waals surface area (Å²) >= 11 is 0. The fourth-order valence-corrected chi connectivity index (χ4v) is 1.72. The number of ether oxygens (including phenoxy) is 1. The van der Waals surface area contributed by atoms with Crippen molar-refractivity contribution >= 4 is 10.9 Å². The maximum atomic E-state index is 8.91. The van der Waals surface area contributed by atoms with Gasteiger partial charge in [-0.3, -0.25) is 4.98 Å². The Morgan fingerprint density at radius 2 is 2.22 bits per heavy atom. The van der Waals surface area contributed by atoms with Gasteiger partial charge in [-0.15, -0.1) is 0 Å². The largest absolute Gasteiger partial charge is 0.437 e. The molecule has 1 aromatic carbocycles. The van der Waals surface area contributed by atoms with Gasteiger partial charge >= 0.3 is 0 Å². The standard InChI is InChI=1S/C13H8N4O/c14-6-9-7-17-12-5-10(1-2-11(9)12)18-13-8-15-3-4-16-13/h1-5,7-8,17H. The predicted octanol–water partition coefficient (Wildman–Crippen LogP) is 2.62. The van der Waals surface area contributed by atoms with Gasteiger partial charge in [-0.05, 0) is 12.1 Å². The Labute approximate surface area is 103 Å². The van der Waals surface area contributed by atoms with E-state index in [1.165, 1.54) is 0 Å². The van der Waals surface area contributed by atoms with Crippen LogP contribution in [0.3, 0.4) is 0 Å². The zero-order valence-corrected chi connectivity index (χ0v) is 9.29. The van der Waals surface area contributed by atoms with Crippen molar-refractivity contribution in [3.8, 4) is 17.7 Å². The molecule has 3 aromatic rings. The van der Waals surface area contributed by atoms with Gasteiger partial charge in [-0.1, -0.05) is 0 Å². The molecule has 0 aliphatic carbocycles. The number of benzene rings is 1. The maximum Gasteiger partial charge on any atom is 0.237 e. The first-order valence-corrected chi connectivity index (χ1v) is 5.32. The second kappa shape index (κ2) is 4.18. The average molecular weight is 236 g/mol. The highest BCUT2D eigenvalue weighted by atomic mass is 16.5. The van der Waals surface area contributed by atoms with Crippen LogP contribution in [-0.2, 0) is 0 Å². The number of rotatable bonds is 2. The van der Waals surface area contributed by atoms with Crippen molar-refractivity contribution in [3.63, 3.8) is 0 Å². The van der Waals surface area contributed by atoms with Crippen LogP contribution >= 0.6 is 0 Å². The number of aromatic amines is 1. The summed E-state index contributed by atoms with van der Waals surface area (Å²) in [6, 6.07) is 7.59. The molecule has 0 unspecified atom stereocenters. The van der Waals surface area contributed by atoms with E-state index in [4.69, 9.17) is 10.00 Å². The van der Waals surface area contributed by atoms with Gasteiger partial charge in [0.05, 0.1) is 17.3 Å². The first kappa shape index (κ1) is 10.3. The molecule has 5 heteroatoms. The molecule has 1 N–H and O–H groups in total. The zero-order chi connectivity index (χ0) is 12.4. The molecule has 0 bridgehead atoms. The molecule has 2 aromatic heterocycles. The summed E-state index contributed by atoms with van der Waals surface area (Å²) in [6.07, 6.45) is 6.37. The molecule has 0 aliphatic rings. The lowest BCUT2D eigenvalue weighted by Crippen LogP contribution is -1.87. The quantitative estimate of drug-likeness (QED) is 0.742. The summed E-state index contributed by atoms with van der Waals surface area (Å²) in [5, 5.41) is 9.79. The van der Waals surface area contributed by atoms with Crippen LogP contribution in [0.1, 0.15) is 5.56 Å². The van der Waals surface area contributed by atoms with Crippen LogP contribution in [0, 0.1) is 11.3 Å². The molecule has 0 saturated carbocycles. The lowest BCUT2D eigenvalue weighted by atomic mass is 10.2. The Hall–Kier alpha value is -2.87. The fourth-order valence-electron chi connectivity index (χ4n) is 1.72. The lowest BCUT2D eigenvalue weighted by molar-refractivity contribution is 0.461. The summed E-state index contributed by atoms with van der Waals surface area (Å²) < 4.78 is 5.55. The first-order chi connectivity index (χ1) is 8.86. The molecule has 0 fully saturated rings. The second-order valence-electron chi connectivity index (χ2n) is 3.67. The molecule has 5 nitrogen and oxygen atoms in total. The predicted molar refractivity (Wildman–Crippen MR) is 65.1 cm³/mol. The van der Waals surface area contributed by atoms with Gasteiger partial charge in [0.2, 0.25) is 5.88 Å². The van der Waals surface area contributed by atoms with Crippen LogP contribution in [0.15, 0.2) is 43.0 Å². The van der Waals surface area contributed by atoms with Crippen molar-refractivity contribution in [2.75, 3.05) is 0 Å². The first-order valence-electron chi connectivity index (χ1n) is 5.32. The van der Waals surface area contributed by atoms with E-state index in [0.717, 1.165) is 10.9 Å². The number of fused-ring (bicyclic) bond motifs is 1. The lowest BCUT2D eigenvalue weighted by Gasteiger charge is -2.03. The van der Waals surface area contributed by atoms with Gasteiger partial charge in [0.25, 0.3) is 0 Å². The van der Waals surface area contributed by atoms with Crippen molar-refractivity contribution < 1.29 is 4.74 Å². The van der Waals surface area contributed by atoms with E-state index in [1.807, 2.05) is 12.1 Å². The number of H-pyrrole nitrogens is 1. The molecular formula is C13H8N4O. The molecule has 2 heterocycles. The van der Waals surface area contributed by atoms with Gasteiger partial charge in [-0.25, -0.2) is 4.98 Å². The Bertz CT molecular complexity index is 728. The summed E-state index contributed by atoms with van der Waals surface area (Å²) in [7, 11) is 0. The average Bonchev–Trinajstić information content (AvgIpc) is 2.82. The third-order valence-corrected chi connectivity index (χ3v) is 2.54. The van der Waals surface area contributed by atoms with E-state index in [1.54, 1.807) is 30.9 Å². The van der Waals surface area contributed by atoms with Crippen molar-refractivity contribution in [2.24, 2.45) is 0 Å². The van der Waals surface area contributed by atoms with Gasteiger partial charge in [0.1, 0.15) is 11.8 Å². The summed E-state index contributed by atoms with van der Waals surface area (Å²) in [6.45, 7) is 0. The normalized spacial score (nSPS) is 10.2.